The maximum atomic E-state index is 3.62. The van der Waals surface area contributed by atoms with E-state index in [1.807, 2.05) is 0 Å². The fraction of sp³-hybridized carbons (Fsp3) is 0.600. The summed E-state index contributed by atoms with van der Waals surface area (Å²) in [5.74, 6) is 0. The Bertz CT molecular complexity index is 376. The molecule has 0 saturated carbocycles. The summed E-state index contributed by atoms with van der Waals surface area (Å²) in [6.45, 7) is 12.3. The van der Waals surface area contributed by atoms with Gasteiger partial charge in [0.1, 0.15) is 0 Å². The second-order valence-corrected chi connectivity index (χ2v) is 5.79. The molecule has 1 aromatic carbocycles. The molecule has 0 atom stereocenters. The fourth-order valence-corrected chi connectivity index (χ4v) is 2.67. The molecule has 0 amide bonds. The van der Waals surface area contributed by atoms with E-state index in [1.54, 1.807) is 0 Å². The third-order valence-electron chi connectivity index (χ3n) is 3.75. The summed E-state index contributed by atoms with van der Waals surface area (Å²) < 4.78 is 0. The van der Waals surface area contributed by atoms with E-state index in [2.05, 4.69) is 56.1 Å². The van der Waals surface area contributed by atoms with Crippen molar-refractivity contribution in [3.63, 3.8) is 0 Å². The van der Waals surface area contributed by atoms with Crippen molar-refractivity contribution in [3.8, 4) is 0 Å². The van der Waals surface area contributed by atoms with Crippen molar-refractivity contribution in [1.29, 1.82) is 0 Å². The molecule has 0 unspecified atom stereocenters. The van der Waals surface area contributed by atoms with Crippen LogP contribution in [0.15, 0.2) is 18.2 Å². The average molecular weight is 232 g/mol. The Balaban J connectivity index is 2.23. The first kappa shape index (κ1) is 12.4. The molecule has 2 rings (SSSR count). The van der Waals surface area contributed by atoms with Gasteiger partial charge in [0.05, 0.1) is 0 Å². The highest BCUT2D eigenvalue weighted by Crippen LogP contribution is 2.26. The molecule has 1 aromatic rings. The van der Waals surface area contributed by atoms with E-state index in [1.165, 1.54) is 23.2 Å². The van der Waals surface area contributed by atoms with Gasteiger partial charge < -0.3 is 10.2 Å². The van der Waals surface area contributed by atoms with Crippen LogP contribution >= 0.6 is 0 Å². The van der Waals surface area contributed by atoms with Crippen LogP contribution in [-0.4, -0.2) is 25.2 Å². The zero-order chi connectivity index (χ0) is 12.5. The number of aryl methyl sites for hydroxylation is 2. The van der Waals surface area contributed by atoms with Gasteiger partial charge in [0.25, 0.3) is 0 Å². The van der Waals surface area contributed by atoms with Gasteiger partial charge in [0.15, 0.2) is 0 Å². The van der Waals surface area contributed by atoms with Gasteiger partial charge >= 0.3 is 0 Å². The standard InChI is InChI=1S/C15H24N2/c1-12-6-5-7-13(2)14(12)17-10-8-15(3,4)16-9-11-17/h5-7,16H,8-11H2,1-4H3. The Morgan fingerprint density at radius 2 is 1.76 bits per heavy atom. The number of hydrogen-bond acceptors (Lipinski definition) is 2. The fourth-order valence-electron chi connectivity index (χ4n) is 2.67. The van der Waals surface area contributed by atoms with E-state index >= 15 is 0 Å². The molecule has 1 aliphatic rings. The van der Waals surface area contributed by atoms with E-state index in [0.29, 0.717) is 0 Å². The zero-order valence-corrected chi connectivity index (χ0v) is 11.5. The highest BCUT2D eigenvalue weighted by molar-refractivity contribution is 5.59. The van der Waals surface area contributed by atoms with Crippen LogP contribution in [0.1, 0.15) is 31.4 Å². The molecule has 1 saturated heterocycles. The van der Waals surface area contributed by atoms with Crippen LogP contribution in [0, 0.1) is 13.8 Å². The van der Waals surface area contributed by atoms with Gasteiger partial charge in [-0.3, -0.25) is 0 Å². The van der Waals surface area contributed by atoms with Crippen molar-refractivity contribution in [3.05, 3.63) is 29.3 Å². The van der Waals surface area contributed by atoms with Crippen molar-refractivity contribution in [1.82, 2.24) is 5.32 Å². The SMILES string of the molecule is Cc1cccc(C)c1N1CCNC(C)(C)CC1. The summed E-state index contributed by atoms with van der Waals surface area (Å²) in [4.78, 5) is 2.53. The summed E-state index contributed by atoms with van der Waals surface area (Å²) in [5.41, 5.74) is 4.49. The van der Waals surface area contributed by atoms with Gasteiger partial charge in [0.2, 0.25) is 0 Å². The van der Waals surface area contributed by atoms with Crippen LogP contribution in [0.25, 0.3) is 0 Å². The quantitative estimate of drug-likeness (QED) is 0.801. The van der Waals surface area contributed by atoms with Crippen LogP contribution in [0.4, 0.5) is 5.69 Å². The molecule has 0 aromatic heterocycles. The lowest BCUT2D eigenvalue weighted by molar-refractivity contribution is 0.394. The first-order chi connectivity index (χ1) is 7.99. The Labute approximate surface area is 105 Å². The Morgan fingerprint density at radius 3 is 2.41 bits per heavy atom. The van der Waals surface area contributed by atoms with E-state index in [4.69, 9.17) is 0 Å². The molecule has 94 valence electrons. The third-order valence-corrected chi connectivity index (χ3v) is 3.75. The van der Waals surface area contributed by atoms with Crippen LogP contribution in [-0.2, 0) is 0 Å². The number of nitrogens with zero attached hydrogens (tertiary/aromatic N) is 1. The average Bonchev–Trinajstić information content (AvgIpc) is 2.40. The van der Waals surface area contributed by atoms with Gasteiger partial charge in [-0.05, 0) is 45.2 Å². The van der Waals surface area contributed by atoms with Crippen LogP contribution in [0.5, 0.6) is 0 Å². The highest BCUT2D eigenvalue weighted by Gasteiger charge is 2.23. The van der Waals surface area contributed by atoms with Crippen molar-refractivity contribution < 1.29 is 0 Å². The Kier molecular flexibility index (Phi) is 3.43. The molecular formula is C15H24N2. The molecule has 0 radical (unpaired) electrons. The molecule has 0 aliphatic carbocycles. The topological polar surface area (TPSA) is 15.3 Å². The van der Waals surface area contributed by atoms with Crippen molar-refractivity contribution >= 4 is 5.69 Å². The summed E-state index contributed by atoms with van der Waals surface area (Å²) in [6, 6.07) is 6.58. The van der Waals surface area contributed by atoms with Crippen LogP contribution < -0.4 is 10.2 Å². The van der Waals surface area contributed by atoms with E-state index < -0.39 is 0 Å². The second-order valence-electron chi connectivity index (χ2n) is 5.79. The first-order valence-corrected chi connectivity index (χ1v) is 6.56. The third kappa shape index (κ3) is 2.81. The van der Waals surface area contributed by atoms with Crippen molar-refractivity contribution in [2.24, 2.45) is 0 Å². The molecule has 2 heteroatoms. The minimum absolute atomic E-state index is 0.269. The summed E-state index contributed by atoms with van der Waals surface area (Å²) in [7, 11) is 0. The Morgan fingerprint density at radius 1 is 1.12 bits per heavy atom. The molecule has 17 heavy (non-hydrogen) atoms. The first-order valence-electron chi connectivity index (χ1n) is 6.56. The predicted octanol–water partition coefficient (Wildman–Crippen LogP) is 2.88. The van der Waals surface area contributed by atoms with Gasteiger partial charge in [-0.1, -0.05) is 18.2 Å². The maximum Gasteiger partial charge on any atom is 0.0426 e. The largest absolute Gasteiger partial charge is 0.370 e. The molecule has 0 spiro atoms. The number of anilines is 1. The smallest absolute Gasteiger partial charge is 0.0426 e. The monoisotopic (exact) mass is 232 g/mol. The Hall–Kier alpha value is -1.02. The minimum Gasteiger partial charge on any atom is -0.370 e. The lowest BCUT2D eigenvalue weighted by Gasteiger charge is -2.27. The number of para-hydroxylation sites is 1. The summed E-state index contributed by atoms with van der Waals surface area (Å²) in [5, 5.41) is 3.62. The number of nitrogens with one attached hydrogen (secondary N) is 1. The molecule has 1 N–H and O–H groups in total. The number of benzene rings is 1. The van der Waals surface area contributed by atoms with E-state index in [-0.39, 0.29) is 5.54 Å². The lowest BCUT2D eigenvalue weighted by atomic mass is 10.0. The summed E-state index contributed by atoms with van der Waals surface area (Å²) in [6.07, 6.45) is 1.20. The van der Waals surface area contributed by atoms with Crippen molar-refractivity contribution in [2.75, 3.05) is 24.5 Å². The molecule has 1 heterocycles. The normalized spacial score (nSPS) is 20.1. The van der Waals surface area contributed by atoms with Gasteiger partial charge in [-0.25, -0.2) is 0 Å². The number of rotatable bonds is 1. The van der Waals surface area contributed by atoms with Gasteiger partial charge in [-0.15, -0.1) is 0 Å². The van der Waals surface area contributed by atoms with Gasteiger partial charge in [0, 0.05) is 30.9 Å². The number of hydrogen-bond donors (Lipinski definition) is 1. The maximum absolute atomic E-state index is 3.62. The van der Waals surface area contributed by atoms with Crippen LogP contribution in [0.2, 0.25) is 0 Å². The second kappa shape index (κ2) is 4.69. The van der Waals surface area contributed by atoms with Gasteiger partial charge in [-0.2, -0.15) is 0 Å². The summed E-state index contributed by atoms with van der Waals surface area (Å²) >= 11 is 0. The van der Waals surface area contributed by atoms with Crippen LogP contribution in [0.3, 0.4) is 0 Å². The zero-order valence-electron chi connectivity index (χ0n) is 11.5. The molecule has 0 bridgehead atoms. The molecule has 2 nitrogen and oxygen atoms in total. The molecule has 1 aliphatic heterocycles. The molecular weight excluding hydrogens is 208 g/mol. The van der Waals surface area contributed by atoms with E-state index in [9.17, 15) is 0 Å². The van der Waals surface area contributed by atoms with Crippen molar-refractivity contribution in [2.45, 2.75) is 39.7 Å². The van der Waals surface area contributed by atoms with E-state index in [0.717, 1.165) is 19.6 Å². The lowest BCUT2D eigenvalue weighted by Crippen LogP contribution is -2.39. The predicted molar refractivity (Wildman–Crippen MR) is 74.8 cm³/mol. The molecule has 1 fully saturated rings. The minimum atomic E-state index is 0.269. The highest BCUT2D eigenvalue weighted by atomic mass is 15.2.